The Labute approximate surface area is 417 Å². The van der Waals surface area contributed by atoms with Gasteiger partial charge in [-0.05, 0) is 127 Å². The van der Waals surface area contributed by atoms with Gasteiger partial charge in [0, 0.05) is 58.0 Å². The number of carbonyl (C=O) groups is 5. The highest BCUT2D eigenvalue weighted by Crippen LogP contribution is 2.38. The highest BCUT2D eigenvalue weighted by molar-refractivity contribution is 6.39. The number of ketones is 3. The van der Waals surface area contributed by atoms with E-state index in [0.29, 0.717) is 69.8 Å². The summed E-state index contributed by atoms with van der Waals surface area (Å²) in [5, 5.41) is 44.0. The summed E-state index contributed by atoms with van der Waals surface area (Å²) in [6.07, 6.45) is 10.8. The molecule has 15 atom stereocenters. The van der Waals surface area contributed by atoms with Crippen molar-refractivity contribution in [2.75, 3.05) is 27.4 Å². The van der Waals surface area contributed by atoms with Crippen LogP contribution in [0.25, 0.3) is 0 Å². The van der Waals surface area contributed by atoms with Crippen LogP contribution in [-0.4, -0.2) is 142 Å². The lowest BCUT2D eigenvalue weighted by atomic mass is 9.78. The average Bonchev–Trinajstić information content (AvgIpc) is 3.31. The fourth-order valence-corrected chi connectivity index (χ4v) is 10.7. The molecule has 1 saturated carbocycles. The Morgan fingerprint density at radius 2 is 1.60 bits per heavy atom. The van der Waals surface area contributed by atoms with E-state index in [1.165, 1.54) is 12.0 Å². The van der Waals surface area contributed by atoms with Crippen molar-refractivity contribution in [3.05, 3.63) is 47.6 Å². The molecule has 3 heterocycles. The molecule has 2 saturated heterocycles. The van der Waals surface area contributed by atoms with Gasteiger partial charge in [0.25, 0.3) is 11.7 Å². The maximum absolute atomic E-state index is 14.5. The number of cyclic esters (lactones) is 1. The number of methoxy groups -OCH3 is 2. The van der Waals surface area contributed by atoms with Gasteiger partial charge in [0.2, 0.25) is 5.79 Å². The molecular formula is C55H87NO14. The van der Waals surface area contributed by atoms with E-state index in [1.807, 2.05) is 65.0 Å². The topological polar surface area (TPSA) is 216 Å². The van der Waals surface area contributed by atoms with Crippen molar-refractivity contribution in [1.29, 1.82) is 0 Å². The van der Waals surface area contributed by atoms with Gasteiger partial charge >= 0.3 is 5.97 Å². The maximum atomic E-state index is 14.5. The summed E-state index contributed by atoms with van der Waals surface area (Å²) in [4.78, 5) is 72.4. The van der Waals surface area contributed by atoms with Gasteiger partial charge in [0.15, 0.2) is 5.78 Å². The van der Waals surface area contributed by atoms with E-state index in [4.69, 9.17) is 23.7 Å². The van der Waals surface area contributed by atoms with E-state index in [0.717, 1.165) is 5.57 Å². The van der Waals surface area contributed by atoms with Gasteiger partial charge in [0.05, 0.1) is 30.0 Å². The molecule has 0 radical (unpaired) electrons. The van der Waals surface area contributed by atoms with Crippen molar-refractivity contribution in [1.82, 2.24) is 4.90 Å². The highest BCUT2D eigenvalue weighted by Gasteiger charge is 2.53. The Morgan fingerprint density at radius 1 is 0.886 bits per heavy atom. The average molecular weight is 986 g/mol. The van der Waals surface area contributed by atoms with Gasteiger partial charge in [-0.15, -0.1) is 0 Å². The number of amides is 1. The van der Waals surface area contributed by atoms with E-state index in [2.05, 4.69) is 0 Å². The normalized spacial score (nSPS) is 38.6. The Morgan fingerprint density at radius 3 is 2.27 bits per heavy atom. The molecule has 3 fully saturated rings. The SMILES string of the molecule is CO[C@@H]1CC(C[C@@H](C)C2CC(=O)[C@H](C)/C=C(\C)[C@@H](O)[C@@H](OC)C(=O)[C@H](C)C[C@H](C)/C=C/C=C/C=C(\C)[C@H](OC(C)(C)CCO)C[C@@H]3CC[C@@H](C)[C@@](O)(O3)C(=O)C(=O)N3CCCCC3C(=O)O2)CC[C@H]1O. The summed E-state index contributed by atoms with van der Waals surface area (Å²) in [6, 6.07) is -1.17. The van der Waals surface area contributed by atoms with E-state index in [9.17, 15) is 44.4 Å². The molecule has 0 aromatic rings. The molecule has 4 N–H and O–H groups in total. The Hall–Kier alpha value is -3.41. The summed E-state index contributed by atoms with van der Waals surface area (Å²) in [5.74, 6) is -8.27. The molecule has 0 aromatic carbocycles. The molecule has 1 amide bonds. The van der Waals surface area contributed by atoms with Crippen LogP contribution in [0.15, 0.2) is 47.6 Å². The number of aliphatic hydroxyl groups is 4. The first-order valence-electron chi connectivity index (χ1n) is 25.9. The Bertz CT molecular complexity index is 1890. The third-order valence-electron chi connectivity index (χ3n) is 15.4. The molecule has 0 aromatic heterocycles. The first-order chi connectivity index (χ1) is 33.0. The number of piperidine rings is 1. The number of allylic oxidation sites excluding steroid dienone is 6. The molecule has 70 heavy (non-hydrogen) atoms. The van der Waals surface area contributed by atoms with Crippen LogP contribution in [-0.2, 0) is 47.7 Å². The minimum atomic E-state index is -2.49. The van der Waals surface area contributed by atoms with E-state index < -0.39 is 89.5 Å². The monoisotopic (exact) mass is 986 g/mol. The number of rotatable bonds is 9. The van der Waals surface area contributed by atoms with Crippen LogP contribution in [0.3, 0.4) is 0 Å². The molecule has 3 aliphatic heterocycles. The summed E-state index contributed by atoms with van der Waals surface area (Å²) in [5.41, 5.74) is 0.452. The molecule has 3 unspecified atom stereocenters. The van der Waals surface area contributed by atoms with Crippen molar-refractivity contribution >= 4 is 29.2 Å². The van der Waals surface area contributed by atoms with E-state index in [-0.39, 0.29) is 67.8 Å². The number of esters is 1. The number of ether oxygens (including phenoxy) is 5. The summed E-state index contributed by atoms with van der Waals surface area (Å²) in [7, 11) is 2.94. The zero-order valence-corrected chi connectivity index (χ0v) is 44.0. The molecule has 4 aliphatic rings. The van der Waals surface area contributed by atoms with Crippen molar-refractivity contribution in [3.8, 4) is 0 Å². The van der Waals surface area contributed by atoms with E-state index >= 15 is 0 Å². The molecule has 4 rings (SSSR count). The predicted octanol–water partition coefficient (Wildman–Crippen LogP) is 6.71. The van der Waals surface area contributed by atoms with Crippen molar-refractivity contribution in [3.63, 3.8) is 0 Å². The Kier molecular flexibility index (Phi) is 22.9. The van der Waals surface area contributed by atoms with Gasteiger partial charge in [0.1, 0.15) is 30.1 Å². The van der Waals surface area contributed by atoms with Crippen LogP contribution < -0.4 is 0 Å². The van der Waals surface area contributed by atoms with Gasteiger partial charge in [-0.3, -0.25) is 19.2 Å². The lowest BCUT2D eigenvalue weighted by molar-refractivity contribution is -0.267. The van der Waals surface area contributed by atoms with Gasteiger partial charge in [-0.2, -0.15) is 0 Å². The predicted molar refractivity (Wildman–Crippen MR) is 265 cm³/mol. The fraction of sp³-hybridized carbons (Fsp3) is 0.764. The van der Waals surface area contributed by atoms with Crippen LogP contribution in [0.1, 0.15) is 146 Å². The second-order valence-electron chi connectivity index (χ2n) is 21.7. The van der Waals surface area contributed by atoms with Gasteiger partial charge in [-0.1, -0.05) is 71.1 Å². The lowest BCUT2D eigenvalue weighted by Gasteiger charge is -2.43. The van der Waals surface area contributed by atoms with E-state index in [1.54, 1.807) is 40.9 Å². The first-order valence-corrected chi connectivity index (χ1v) is 25.9. The standard InChI is InChI=1S/C55H87NO14/c1-33-17-13-12-14-18-34(2)46(70-54(8,9)24-26-57)31-41-22-20-39(7)55(65,69-41)51(62)52(63)56-25-16-15-19-42(56)53(64)68-45(36(4)29-40-21-23-43(58)47(30-40)66-10)32-44(59)35(3)28-38(6)49(61)50(67-11)48(60)37(5)27-33/h12-14,17-18,28,33,35-37,39-43,45-47,49-50,57-58,61,65H,15-16,19-27,29-32H2,1-11H3/b14-12+,17-13+,34-18+,38-28+/t33-,35-,36-,37-,39-,40?,41+,42?,43-,45?,46-,47-,49-,50+,55-/m1/s1. The molecule has 396 valence electrons. The number of Topliss-reactive ketones (excluding diaryl/α,β-unsaturated/α-hetero) is 3. The third-order valence-corrected chi connectivity index (χ3v) is 15.4. The molecule has 0 spiro atoms. The van der Waals surface area contributed by atoms with Gasteiger partial charge in [-0.25, -0.2) is 4.79 Å². The van der Waals surface area contributed by atoms with Crippen LogP contribution >= 0.6 is 0 Å². The second kappa shape index (κ2) is 27.0. The lowest BCUT2D eigenvalue weighted by Crippen LogP contribution is -2.61. The largest absolute Gasteiger partial charge is 0.460 e. The molecule has 1 aliphatic carbocycles. The number of aliphatic hydroxyl groups excluding tert-OH is 3. The van der Waals surface area contributed by atoms with Crippen LogP contribution in [0.4, 0.5) is 0 Å². The fourth-order valence-electron chi connectivity index (χ4n) is 10.7. The molecule has 15 heteroatoms. The second-order valence-corrected chi connectivity index (χ2v) is 21.7. The number of hydrogen-bond acceptors (Lipinski definition) is 14. The molecule has 2 bridgehead atoms. The van der Waals surface area contributed by atoms with Crippen LogP contribution in [0.5, 0.6) is 0 Å². The number of hydrogen-bond donors (Lipinski definition) is 4. The van der Waals surface area contributed by atoms with Crippen molar-refractivity contribution in [2.45, 2.75) is 206 Å². The molecule has 15 nitrogen and oxygen atoms in total. The van der Waals surface area contributed by atoms with Crippen LogP contribution in [0.2, 0.25) is 0 Å². The zero-order valence-electron chi connectivity index (χ0n) is 44.0. The van der Waals surface area contributed by atoms with Crippen molar-refractivity contribution < 1.29 is 68.1 Å². The summed E-state index contributed by atoms with van der Waals surface area (Å²) < 4.78 is 30.3. The molecular weight excluding hydrogens is 899 g/mol. The maximum Gasteiger partial charge on any atom is 0.329 e. The van der Waals surface area contributed by atoms with Gasteiger partial charge < -0.3 is 49.0 Å². The highest BCUT2D eigenvalue weighted by atomic mass is 16.6. The Balaban J connectivity index is 1.74. The minimum absolute atomic E-state index is 0.0144. The number of fused-ring (bicyclic) bond motifs is 3. The van der Waals surface area contributed by atoms with Crippen LogP contribution in [0, 0.1) is 35.5 Å². The first kappa shape index (κ1) is 59.2. The smallest absolute Gasteiger partial charge is 0.329 e. The number of nitrogens with zero attached hydrogens (tertiary/aromatic N) is 1. The zero-order chi connectivity index (χ0) is 52.1. The quantitative estimate of drug-likeness (QED) is 0.107. The minimum Gasteiger partial charge on any atom is -0.460 e. The van der Waals surface area contributed by atoms with Crippen molar-refractivity contribution in [2.24, 2.45) is 35.5 Å². The number of carbonyl (C=O) groups excluding carboxylic acids is 5. The summed E-state index contributed by atoms with van der Waals surface area (Å²) >= 11 is 0. The third kappa shape index (κ3) is 16.0. The summed E-state index contributed by atoms with van der Waals surface area (Å²) in [6.45, 7) is 16.3.